The van der Waals surface area contributed by atoms with E-state index in [-0.39, 0.29) is 0 Å². The van der Waals surface area contributed by atoms with E-state index in [1.54, 1.807) is 30.3 Å². The number of nitrogens with zero attached hydrogens (tertiary/aromatic N) is 2. The molecule has 1 heterocycles. The van der Waals surface area contributed by atoms with Crippen molar-refractivity contribution < 1.29 is 19.1 Å². The third-order valence-corrected chi connectivity index (χ3v) is 11.3. The van der Waals surface area contributed by atoms with Crippen LogP contribution in [0.5, 0.6) is 0 Å². The molecule has 0 bridgehead atoms. The molecule has 0 spiro atoms. The summed E-state index contributed by atoms with van der Waals surface area (Å²) in [7, 11) is 0. The maximum absolute atomic E-state index is 12.7. The zero-order valence-electron chi connectivity index (χ0n) is 37.2. The average molecular weight is 784 g/mol. The molecule has 2 nitrogen and oxygen atoms in total. The summed E-state index contributed by atoms with van der Waals surface area (Å²) < 4.78 is 1.70. The fourth-order valence-electron chi connectivity index (χ4n) is 8.50. The minimum atomic E-state index is 1.03. The van der Waals surface area contributed by atoms with Crippen LogP contribution < -0.4 is 0 Å². The zero-order chi connectivity index (χ0) is 39.7. The van der Waals surface area contributed by atoms with Crippen molar-refractivity contribution in [2.45, 2.75) is 228 Å². The van der Waals surface area contributed by atoms with Crippen LogP contribution in [-0.2, 0) is 53.0 Å². The standard InChI is InChI=1S/C49H78N2.2CH3.Ni/c1-9-17-22-23-24-25-33-47-46(32-21-13-5)48(42-34-38(26-14-6)44(28-16-8)39(35-42)27-15-7)51(50)49(47)43-36-40(29-18-10-2)45(31-20-12-4)41(37-43)30-19-11-3;;;/h34-37H,9-33H2,1-8H3;2*1H3;. The molecular weight excluding hydrogens is 699 g/mol. The molecular formula is C51H84N2Ni. The molecule has 0 radical (unpaired) electrons. The van der Waals surface area contributed by atoms with E-state index < -0.39 is 0 Å². The molecule has 3 rings (SSSR count). The molecule has 2 aromatic rings. The Balaban J connectivity index is 0.00000325. The van der Waals surface area contributed by atoms with E-state index in [2.05, 4.69) is 91.4 Å². The first-order chi connectivity index (χ1) is 26.3. The molecule has 308 valence electrons. The Morgan fingerprint density at radius 1 is 0.389 bits per heavy atom. The van der Waals surface area contributed by atoms with Crippen LogP contribution >= 0.6 is 0 Å². The second-order valence-corrected chi connectivity index (χ2v) is 17.0. The van der Waals surface area contributed by atoms with Crippen LogP contribution in [0.1, 0.15) is 222 Å². The van der Waals surface area contributed by atoms with Crippen molar-refractivity contribution in [3.63, 3.8) is 0 Å². The first-order valence-electron chi connectivity index (χ1n) is 22.8. The molecule has 0 saturated heterocycles. The van der Waals surface area contributed by atoms with E-state index in [1.807, 2.05) is 0 Å². The molecule has 0 aliphatic carbocycles. The number of unbranched alkanes of at least 4 members (excludes halogenated alkanes) is 9. The van der Waals surface area contributed by atoms with Crippen molar-refractivity contribution in [2.24, 2.45) is 0 Å². The molecule has 0 atom stereocenters. The number of allylic oxidation sites excluding steroid dienone is 2. The number of aryl methyl sites for hydroxylation is 4. The summed E-state index contributed by atoms with van der Waals surface area (Å²) in [5.74, 6) is 4.12. The molecule has 1 aliphatic heterocycles. The summed E-state index contributed by atoms with van der Waals surface area (Å²) in [6, 6.07) is 10.0. The number of rotatable bonds is 27. The molecule has 0 fully saturated rings. The molecule has 0 unspecified atom stereocenters. The van der Waals surface area contributed by atoms with E-state index in [9.17, 15) is 5.53 Å². The molecule has 3 heteroatoms. The number of hydrogen-bond donors (Lipinski definition) is 0. The Hall–Kier alpha value is -1.99. The molecule has 54 heavy (non-hydrogen) atoms. The SMILES string of the molecule is CCCCCCCCC1=C(c2cc(CCCC)c(CCCC)c(CCCC)c2)[N+](=[N-])C(c2cc(CCC)c(CCC)c(CCC)c2)=C1CCCC.[CH3][Ni][CH3]. The summed E-state index contributed by atoms with van der Waals surface area (Å²) in [6.45, 7) is 18.5. The predicted molar refractivity (Wildman–Crippen MR) is 237 cm³/mol. The molecule has 0 saturated carbocycles. The van der Waals surface area contributed by atoms with Gasteiger partial charge in [0.15, 0.2) is 0 Å². The van der Waals surface area contributed by atoms with Gasteiger partial charge in [0, 0.05) is 22.3 Å². The van der Waals surface area contributed by atoms with Gasteiger partial charge in [-0.3, -0.25) is 0 Å². The summed E-state index contributed by atoms with van der Waals surface area (Å²) >= 11 is 1.62. The van der Waals surface area contributed by atoms with Crippen LogP contribution in [0.4, 0.5) is 0 Å². The summed E-state index contributed by atoms with van der Waals surface area (Å²) in [5, 5.41) is 0. The Morgan fingerprint density at radius 3 is 1.15 bits per heavy atom. The van der Waals surface area contributed by atoms with Crippen LogP contribution in [0.25, 0.3) is 16.9 Å². The van der Waals surface area contributed by atoms with Gasteiger partial charge in [0.05, 0.1) is 0 Å². The summed E-state index contributed by atoms with van der Waals surface area (Å²) in [6.07, 6.45) is 29.7. The van der Waals surface area contributed by atoms with Gasteiger partial charge in [0.1, 0.15) is 0 Å². The normalized spacial score (nSPS) is 13.0. The summed E-state index contributed by atoms with van der Waals surface area (Å²) in [4.78, 5) is 0. The van der Waals surface area contributed by atoms with Crippen LogP contribution in [0.15, 0.2) is 35.4 Å². The van der Waals surface area contributed by atoms with Gasteiger partial charge >= 0.3 is 26.2 Å². The van der Waals surface area contributed by atoms with Gasteiger partial charge in [-0.05, 0) is 141 Å². The third kappa shape index (κ3) is 14.5. The molecule has 0 N–H and O–H groups in total. The maximum atomic E-state index is 12.7. The van der Waals surface area contributed by atoms with Gasteiger partial charge in [-0.1, -0.05) is 132 Å². The second-order valence-electron chi connectivity index (χ2n) is 16.0. The van der Waals surface area contributed by atoms with Gasteiger partial charge in [0.2, 0.25) is 11.4 Å². The van der Waals surface area contributed by atoms with Gasteiger partial charge in [0.25, 0.3) is 0 Å². The Kier molecular flexibility index (Phi) is 25.3. The quantitative estimate of drug-likeness (QED) is 0.0490. The zero-order valence-corrected chi connectivity index (χ0v) is 38.2. The van der Waals surface area contributed by atoms with Gasteiger partial charge in [-0.25, -0.2) is 4.70 Å². The Labute approximate surface area is 342 Å². The third-order valence-electron chi connectivity index (χ3n) is 11.3. The van der Waals surface area contributed by atoms with Crippen LogP contribution in [0.3, 0.4) is 0 Å². The van der Waals surface area contributed by atoms with Crippen molar-refractivity contribution in [3.8, 4) is 0 Å². The Morgan fingerprint density at radius 2 is 0.722 bits per heavy atom. The van der Waals surface area contributed by atoms with E-state index in [0.29, 0.717) is 0 Å². The number of hydrogen-bond acceptors (Lipinski definition) is 0. The van der Waals surface area contributed by atoms with Crippen LogP contribution in [0.2, 0.25) is 11.8 Å². The van der Waals surface area contributed by atoms with Crippen molar-refractivity contribution >= 4 is 11.4 Å². The van der Waals surface area contributed by atoms with Crippen LogP contribution in [-0.4, -0.2) is 4.70 Å². The van der Waals surface area contributed by atoms with E-state index in [4.69, 9.17) is 0 Å². The molecule has 1 aliphatic rings. The molecule has 2 aromatic carbocycles. The van der Waals surface area contributed by atoms with E-state index in [0.717, 1.165) is 82.0 Å². The minimum absolute atomic E-state index is 1.03. The Bertz CT molecular complexity index is 1390. The van der Waals surface area contributed by atoms with Crippen LogP contribution in [0, 0.1) is 0 Å². The van der Waals surface area contributed by atoms with Crippen molar-refractivity contribution in [3.05, 3.63) is 85.5 Å². The van der Waals surface area contributed by atoms with Gasteiger partial charge < -0.3 is 5.53 Å². The average Bonchev–Trinajstić information content (AvgIpc) is 3.44. The van der Waals surface area contributed by atoms with Gasteiger partial charge in [-0.2, -0.15) is 0 Å². The fraction of sp³-hybridized carbons (Fsp3) is 0.686. The van der Waals surface area contributed by atoms with E-state index >= 15 is 0 Å². The molecule has 0 amide bonds. The molecule has 0 aromatic heterocycles. The van der Waals surface area contributed by atoms with E-state index in [1.165, 1.54) is 134 Å². The fourth-order valence-corrected chi connectivity index (χ4v) is 8.50. The van der Waals surface area contributed by atoms with Crippen molar-refractivity contribution in [1.82, 2.24) is 0 Å². The first kappa shape index (κ1) is 48.2. The summed E-state index contributed by atoms with van der Waals surface area (Å²) in [5.41, 5.74) is 29.5. The second kappa shape index (κ2) is 28.4. The van der Waals surface area contributed by atoms with Crippen molar-refractivity contribution in [1.29, 1.82) is 0 Å². The van der Waals surface area contributed by atoms with Gasteiger partial charge in [-0.15, -0.1) is 0 Å². The van der Waals surface area contributed by atoms with Crippen molar-refractivity contribution in [2.75, 3.05) is 0 Å². The number of benzene rings is 2. The first-order valence-corrected chi connectivity index (χ1v) is 24.8. The predicted octanol–water partition coefficient (Wildman–Crippen LogP) is 16.8. The monoisotopic (exact) mass is 783 g/mol. The topological polar surface area (TPSA) is 25.3 Å².